The van der Waals surface area contributed by atoms with Gasteiger partial charge in [0.15, 0.2) is 6.61 Å². The number of anilines is 1. The maximum absolute atomic E-state index is 12.9. The molecule has 0 spiro atoms. The van der Waals surface area contributed by atoms with Crippen molar-refractivity contribution in [2.24, 2.45) is 0 Å². The van der Waals surface area contributed by atoms with Gasteiger partial charge in [-0.25, -0.2) is 0 Å². The fourth-order valence-corrected chi connectivity index (χ4v) is 4.15. The number of benzene rings is 3. The number of fused-ring (bicyclic) bond motifs is 1. The Balaban J connectivity index is 1.34. The van der Waals surface area contributed by atoms with Crippen LogP contribution in [0.2, 0.25) is 0 Å². The molecule has 37 heavy (non-hydrogen) atoms. The molecule has 1 aliphatic rings. The van der Waals surface area contributed by atoms with Gasteiger partial charge in [0, 0.05) is 36.0 Å². The third-order valence-corrected chi connectivity index (χ3v) is 5.95. The van der Waals surface area contributed by atoms with Crippen molar-refractivity contribution in [3.05, 3.63) is 106 Å². The lowest BCUT2D eigenvalue weighted by Gasteiger charge is -2.28. The van der Waals surface area contributed by atoms with Gasteiger partial charge >= 0.3 is 0 Å². The summed E-state index contributed by atoms with van der Waals surface area (Å²) < 4.78 is 7.20. The summed E-state index contributed by atoms with van der Waals surface area (Å²) in [6, 6.07) is 23.6. The first-order valence-corrected chi connectivity index (χ1v) is 11.6. The molecule has 0 saturated carbocycles. The molecule has 5 rings (SSSR count). The number of rotatable bonds is 8. The first kappa shape index (κ1) is 23.7. The number of nitro benzene ring substituents is 1. The number of nitrogens with one attached hydrogen (secondary N) is 1. The number of hydrogen-bond donors (Lipinski definition) is 1. The Morgan fingerprint density at radius 2 is 1.78 bits per heavy atom. The lowest BCUT2D eigenvalue weighted by atomic mass is 10.1. The number of non-ortho nitro benzene ring substituents is 1. The van der Waals surface area contributed by atoms with E-state index in [9.17, 15) is 19.7 Å². The molecule has 186 valence electrons. The predicted octanol–water partition coefficient (Wildman–Crippen LogP) is 3.55. The van der Waals surface area contributed by atoms with E-state index >= 15 is 0 Å². The van der Waals surface area contributed by atoms with Crippen molar-refractivity contribution in [1.82, 2.24) is 15.1 Å². The van der Waals surface area contributed by atoms with E-state index in [1.165, 1.54) is 23.1 Å². The third-order valence-electron chi connectivity index (χ3n) is 5.95. The van der Waals surface area contributed by atoms with Gasteiger partial charge < -0.3 is 10.1 Å². The van der Waals surface area contributed by atoms with Gasteiger partial charge in [0.2, 0.25) is 5.91 Å². The van der Waals surface area contributed by atoms with Crippen molar-refractivity contribution in [1.29, 1.82) is 0 Å². The zero-order valence-corrected chi connectivity index (χ0v) is 19.7. The highest BCUT2D eigenvalue weighted by Gasteiger charge is 2.29. The van der Waals surface area contributed by atoms with Crippen molar-refractivity contribution in [2.45, 2.75) is 13.1 Å². The molecule has 4 aromatic rings. The number of amides is 2. The van der Waals surface area contributed by atoms with E-state index in [2.05, 4.69) is 5.32 Å². The highest BCUT2D eigenvalue weighted by Crippen LogP contribution is 2.35. The highest BCUT2D eigenvalue weighted by atomic mass is 16.6. The van der Waals surface area contributed by atoms with Crippen LogP contribution in [0.1, 0.15) is 11.1 Å². The topological polar surface area (TPSA) is 120 Å². The van der Waals surface area contributed by atoms with E-state index < -0.39 is 16.7 Å². The van der Waals surface area contributed by atoms with Crippen LogP contribution >= 0.6 is 0 Å². The van der Waals surface area contributed by atoms with Gasteiger partial charge in [-0.1, -0.05) is 60.7 Å². The molecule has 1 aromatic heterocycles. The van der Waals surface area contributed by atoms with Gasteiger partial charge in [-0.3, -0.25) is 29.3 Å². The third kappa shape index (κ3) is 5.32. The Morgan fingerprint density at radius 3 is 2.51 bits per heavy atom. The molecule has 3 aromatic carbocycles. The minimum atomic E-state index is -0.560. The molecule has 0 unspecified atom stereocenters. The second-order valence-electron chi connectivity index (χ2n) is 8.51. The first-order chi connectivity index (χ1) is 18.0. The summed E-state index contributed by atoms with van der Waals surface area (Å²) >= 11 is 0. The van der Waals surface area contributed by atoms with Crippen molar-refractivity contribution in [3.8, 4) is 17.0 Å². The van der Waals surface area contributed by atoms with Crippen LogP contribution in [-0.4, -0.2) is 39.7 Å². The molecule has 1 N–H and O–H groups in total. The largest absolute Gasteiger partial charge is 0.482 e. The molecule has 0 fully saturated rings. The molecule has 10 heteroatoms. The van der Waals surface area contributed by atoms with Crippen LogP contribution in [0.5, 0.6) is 5.75 Å². The predicted molar refractivity (Wildman–Crippen MR) is 136 cm³/mol. The molecule has 0 radical (unpaired) electrons. The SMILES string of the molecule is O=C(CN1C(=O)COc2ccc([N+](=O)[O-])cc21)NCc1cn(Cc2ccccc2)nc1-c1ccccc1. The first-order valence-electron chi connectivity index (χ1n) is 11.6. The van der Waals surface area contributed by atoms with E-state index in [1.807, 2.05) is 71.5 Å². The summed E-state index contributed by atoms with van der Waals surface area (Å²) in [4.78, 5) is 37.2. The average molecular weight is 498 g/mol. The molecule has 2 heterocycles. The minimum Gasteiger partial charge on any atom is -0.482 e. The zero-order chi connectivity index (χ0) is 25.8. The quantitative estimate of drug-likeness (QED) is 0.294. The lowest BCUT2D eigenvalue weighted by molar-refractivity contribution is -0.384. The summed E-state index contributed by atoms with van der Waals surface area (Å²) in [7, 11) is 0. The molecular weight excluding hydrogens is 474 g/mol. The van der Waals surface area contributed by atoms with E-state index in [4.69, 9.17) is 9.84 Å². The van der Waals surface area contributed by atoms with E-state index in [0.29, 0.717) is 12.3 Å². The van der Waals surface area contributed by atoms with Gasteiger partial charge in [0.05, 0.1) is 22.8 Å². The van der Waals surface area contributed by atoms with Crippen LogP contribution in [0.4, 0.5) is 11.4 Å². The lowest BCUT2D eigenvalue weighted by Crippen LogP contribution is -2.45. The van der Waals surface area contributed by atoms with Crippen molar-refractivity contribution in [3.63, 3.8) is 0 Å². The Bertz CT molecular complexity index is 1450. The van der Waals surface area contributed by atoms with Crippen LogP contribution < -0.4 is 15.0 Å². The second kappa shape index (κ2) is 10.3. The van der Waals surface area contributed by atoms with E-state index in [0.717, 1.165) is 22.4 Å². The number of aromatic nitrogens is 2. The Kier molecular flexibility index (Phi) is 6.62. The number of ether oxygens (including phenoxy) is 1. The number of nitrogens with zero attached hydrogens (tertiary/aromatic N) is 4. The van der Waals surface area contributed by atoms with E-state index in [-0.39, 0.29) is 31.1 Å². The van der Waals surface area contributed by atoms with Gasteiger partial charge in [-0.05, 0) is 11.6 Å². The molecule has 0 saturated heterocycles. The Labute approximate surface area is 212 Å². The minimum absolute atomic E-state index is 0.193. The zero-order valence-electron chi connectivity index (χ0n) is 19.7. The molecule has 0 bridgehead atoms. The van der Waals surface area contributed by atoms with Crippen molar-refractivity contribution >= 4 is 23.2 Å². The van der Waals surface area contributed by atoms with Crippen LogP contribution in [0.15, 0.2) is 85.1 Å². The van der Waals surface area contributed by atoms with Gasteiger partial charge in [-0.15, -0.1) is 0 Å². The maximum atomic E-state index is 12.9. The number of nitro groups is 1. The molecule has 0 atom stereocenters. The Morgan fingerprint density at radius 1 is 1.05 bits per heavy atom. The molecule has 10 nitrogen and oxygen atoms in total. The summed E-state index contributed by atoms with van der Waals surface area (Å²) in [6.07, 6.45) is 1.90. The highest BCUT2D eigenvalue weighted by molar-refractivity contribution is 6.02. The molecule has 1 aliphatic heterocycles. The summed E-state index contributed by atoms with van der Waals surface area (Å²) in [5.41, 5.74) is 3.59. The molecule has 0 aliphatic carbocycles. The average Bonchev–Trinajstić information content (AvgIpc) is 3.32. The van der Waals surface area contributed by atoms with Crippen molar-refractivity contribution in [2.75, 3.05) is 18.1 Å². The van der Waals surface area contributed by atoms with Gasteiger partial charge in [0.25, 0.3) is 11.6 Å². The molecular formula is C27H23N5O5. The summed E-state index contributed by atoms with van der Waals surface area (Å²) in [5.74, 6) is -0.558. The maximum Gasteiger partial charge on any atom is 0.271 e. The standard InChI is InChI=1S/C27H23N5O5/c33-25(17-31-23-13-22(32(35)36)11-12-24(23)37-18-26(31)34)28-14-21-16-30(15-19-7-3-1-4-8-19)29-27(21)20-9-5-2-6-10-20/h1-13,16H,14-15,17-18H2,(H,28,33). The summed E-state index contributed by atoms with van der Waals surface area (Å²) in [6.45, 7) is 0.225. The fraction of sp³-hybridized carbons (Fsp3) is 0.148. The van der Waals surface area contributed by atoms with Crippen LogP contribution in [0.3, 0.4) is 0 Å². The molecule has 2 amide bonds. The summed E-state index contributed by atoms with van der Waals surface area (Å²) in [5, 5.41) is 18.8. The Hall–Kier alpha value is -4.99. The normalized spacial score (nSPS) is 12.5. The van der Waals surface area contributed by atoms with E-state index in [1.54, 1.807) is 0 Å². The monoisotopic (exact) mass is 497 g/mol. The van der Waals surface area contributed by atoms with Crippen molar-refractivity contribution < 1.29 is 19.2 Å². The number of carbonyl (C=O) groups is 2. The number of carbonyl (C=O) groups excluding carboxylic acids is 2. The van der Waals surface area contributed by atoms with Crippen LogP contribution in [0.25, 0.3) is 11.3 Å². The van der Waals surface area contributed by atoms with Crippen LogP contribution in [0, 0.1) is 10.1 Å². The fourth-order valence-electron chi connectivity index (χ4n) is 4.15. The smallest absolute Gasteiger partial charge is 0.271 e. The van der Waals surface area contributed by atoms with Crippen LogP contribution in [-0.2, 0) is 22.7 Å². The van der Waals surface area contributed by atoms with Gasteiger partial charge in [-0.2, -0.15) is 5.10 Å². The number of hydrogen-bond acceptors (Lipinski definition) is 6. The second-order valence-corrected chi connectivity index (χ2v) is 8.51. The van der Waals surface area contributed by atoms with Gasteiger partial charge in [0.1, 0.15) is 12.3 Å².